The molecule has 1 aromatic heterocycles. The lowest BCUT2D eigenvalue weighted by Gasteiger charge is -2.17. The van der Waals surface area contributed by atoms with Gasteiger partial charge in [0.25, 0.3) is 0 Å². The molecule has 0 fully saturated rings. The van der Waals surface area contributed by atoms with Gasteiger partial charge < -0.3 is 10.0 Å². The number of pyridine rings is 1. The van der Waals surface area contributed by atoms with Gasteiger partial charge >= 0.3 is 0 Å². The first-order valence-corrected chi connectivity index (χ1v) is 7.68. The van der Waals surface area contributed by atoms with Crippen molar-refractivity contribution in [2.24, 2.45) is 0 Å². The first-order valence-electron chi connectivity index (χ1n) is 6.70. The number of aliphatic hydroxyl groups excluding tert-OH is 1. The Morgan fingerprint density at radius 3 is 2.50 bits per heavy atom. The third-order valence-electron chi connectivity index (χ3n) is 3.06. The van der Waals surface area contributed by atoms with Crippen molar-refractivity contribution in [2.75, 3.05) is 25.4 Å². The fourth-order valence-electron chi connectivity index (χ4n) is 1.72. The predicted molar refractivity (Wildman–Crippen MR) is 78.0 cm³/mol. The molecular formula is C14H24N2OS. The van der Waals surface area contributed by atoms with Crippen LogP contribution in [-0.4, -0.2) is 40.4 Å². The van der Waals surface area contributed by atoms with Gasteiger partial charge in [0, 0.05) is 23.4 Å². The van der Waals surface area contributed by atoms with E-state index in [1.165, 1.54) is 4.90 Å². The van der Waals surface area contributed by atoms with Gasteiger partial charge in [-0.3, -0.25) is 4.98 Å². The van der Waals surface area contributed by atoms with E-state index in [2.05, 4.69) is 23.7 Å². The van der Waals surface area contributed by atoms with Crippen LogP contribution in [-0.2, 0) is 0 Å². The molecule has 18 heavy (non-hydrogen) atoms. The molecule has 0 aromatic carbocycles. The van der Waals surface area contributed by atoms with Crippen LogP contribution in [0.25, 0.3) is 0 Å². The molecule has 0 saturated heterocycles. The number of aliphatic hydroxyl groups is 1. The number of hydrogen-bond acceptors (Lipinski definition) is 4. The summed E-state index contributed by atoms with van der Waals surface area (Å²) in [5, 5.41) is 9.66. The first-order chi connectivity index (χ1) is 8.71. The van der Waals surface area contributed by atoms with Crippen molar-refractivity contribution in [3.8, 4) is 0 Å². The largest absolute Gasteiger partial charge is 0.387 e. The highest BCUT2D eigenvalue weighted by Gasteiger charge is 2.06. The van der Waals surface area contributed by atoms with Gasteiger partial charge in [0.05, 0.1) is 11.8 Å². The van der Waals surface area contributed by atoms with Gasteiger partial charge in [-0.1, -0.05) is 20.8 Å². The zero-order valence-corrected chi connectivity index (χ0v) is 12.4. The molecule has 0 saturated carbocycles. The van der Waals surface area contributed by atoms with E-state index in [0.29, 0.717) is 6.42 Å². The Morgan fingerprint density at radius 2 is 2.00 bits per heavy atom. The van der Waals surface area contributed by atoms with Gasteiger partial charge in [-0.15, -0.1) is 11.8 Å². The maximum atomic E-state index is 9.66. The normalized spacial score (nSPS) is 12.9. The lowest BCUT2D eigenvalue weighted by Crippen LogP contribution is -2.25. The maximum absolute atomic E-state index is 9.66. The molecule has 102 valence electrons. The van der Waals surface area contributed by atoms with E-state index in [-0.39, 0.29) is 0 Å². The van der Waals surface area contributed by atoms with E-state index in [1.807, 2.05) is 37.0 Å². The Labute approximate surface area is 115 Å². The first kappa shape index (κ1) is 15.5. The molecule has 4 heteroatoms. The molecular weight excluding hydrogens is 244 g/mol. The Bertz CT molecular complexity index is 325. The summed E-state index contributed by atoms with van der Waals surface area (Å²) in [4.78, 5) is 7.89. The van der Waals surface area contributed by atoms with Crippen molar-refractivity contribution >= 4 is 11.8 Å². The Kier molecular flexibility index (Phi) is 7.32. The molecule has 0 spiro atoms. The van der Waals surface area contributed by atoms with Crippen LogP contribution < -0.4 is 0 Å². The predicted octanol–water partition coefficient (Wildman–Crippen LogP) is 2.96. The smallest absolute Gasteiger partial charge is 0.0957 e. The minimum absolute atomic E-state index is 0.431. The van der Waals surface area contributed by atoms with Crippen molar-refractivity contribution in [1.82, 2.24) is 9.88 Å². The molecule has 0 amide bonds. The third kappa shape index (κ3) is 4.96. The van der Waals surface area contributed by atoms with Gasteiger partial charge in [-0.25, -0.2) is 0 Å². The van der Waals surface area contributed by atoms with Gasteiger partial charge in [0.15, 0.2) is 0 Å². The van der Waals surface area contributed by atoms with Crippen molar-refractivity contribution in [3.05, 3.63) is 24.0 Å². The van der Waals surface area contributed by atoms with Crippen molar-refractivity contribution < 1.29 is 5.11 Å². The summed E-state index contributed by atoms with van der Waals surface area (Å²) in [6.45, 7) is 9.66. The summed E-state index contributed by atoms with van der Waals surface area (Å²) in [5.74, 6) is 1.08. The summed E-state index contributed by atoms with van der Waals surface area (Å²) >= 11 is 1.82. The second-order valence-electron chi connectivity index (χ2n) is 4.22. The van der Waals surface area contributed by atoms with Crippen molar-refractivity contribution in [1.29, 1.82) is 0 Å². The number of thioether (sulfide) groups is 1. The van der Waals surface area contributed by atoms with Gasteiger partial charge in [0.2, 0.25) is 0 Å². The second kappa shape index (κ2) is 8.51. The molecule has 0 radical (unpaired) electrons. The quantitative estimate of drug-likeness (QED) is 0.735. The number of aromatic nitrogens is 1. The fourth-order valence-corrected chi connectivity index (χ4v) is 2.59. The van der Waals surface area contributed by atoms with Gasteiger partial charge in [-0.2, -0.15) is 0 Å². The van der Waals surface area contributed by atoms with Gasteiger partial charge in [0.1, 0.15) is 0 Å². The molecule has 1 rings (SSSR count). The van der Waals surface area contributed by atoms with Crippen LogP contribution in [0.5, 0.6) is 0 Å². The average molecular weight is 268 g/mol. The molecule has 1 aromatic rings. The van der Waals surface area contributed by atoms with E-state index in [9.17, 15) is 5.11 Å². The Balaban J connectivity index is 2.39. The summed E-state index contributed by atoms with van der Waals surface area (Å²) in [5.41, 5.74) is 0.769. The van der Waals surface area contributed by atoms with Crippen LogP contribution in [0.15, 0.2) is 23.2 Å². The van der Waals surface area contributed by atoms with Crippen molar-refractivity contribution in [2.45, 2.75) is 38.2 Å². The molecule has 3 nitrogen and oxygen atoms in total. The highest BCUT2D eigenvalue weighted by Crippen LogP contribution is 2.20. The van der Waals surface area contributed by atoms with E-state index in [1.54, 1.807) is 0 Å². The molecule has 1 heterocycles. The fraction of sp³-hybridized carbons (Fsp3) is 0.643. The molecule has 0 bridgehead atoms. The average Bonchev–Trinajstić information content (AvgIpc) is 2.43. The van der Waals surface area contributed by atoms with E-state index in [0.717, 1.165) is 31.1 Å². The second-order valence-corrected chi connectivity index (χ2v) is 5.39. The summed E-state index contributed by atoms with van der Waals surface area (Å²) < 4.78 is 0. The van der Waals surface area contributed by atoms with E-state index in [4.69, 9.17) is 0 Å². The van der Waals surface area contributed by atoms with Crippen LogP contribution in [0.4, 0.5) is 0 Å². The Hall–Kier alpha value is -0.580. The molecule has 0 aliphatic rings. The monoisotopic (exact) mass is 268 g/mol. The van der Waals surface area contributed by atoms with E-state index >= 15 is 0 Å². The number of nitrogens with zero attached hydrogens (tertiary/aromatic N) is 2. The van der Waals surface area contributed by atoms with E-state index < -0.39 is 6.10 Å². The third-order valence-corrected chi connectivity index (χ3v) is 4.02. The SMILES string of the molecule is CCC(O)c1ccc(SCCN(CC)CC)cn1. The minimum atomic E-state index is -0.431. The van der Waals surface area contributed by atoms with Crippen molar-refractivity contribution in [3.63, 3.8) is 0 Å². The molecule has 1 N–H and O–H groups in total. The topological polar surface area (TPSA) is 36.4 Å². The number of hydrogen-bond donors (Lipinski definition) is 1. The highest BCUT2D eigenvalue weighted by molar-refractivity contribution is 7.99. The lowest BCUT2D eigenvalue weighted by molar-refractivity contribution is 0.169. The van der Waals surface area contributed by atoms with Crippen LogP contribution in [0, 0.1) is 0 Å². The zero-order chi connectivity index (χ0) is 13.4. The molecule has 0 aliphatic heterocycles. The van der Waals surface area contributed by atoms with Crippen LogP contribution >= 0.6 is 11.8 Å². The maximum Gasteiger partial charge on any atom is 0.0957 e. The van der Waals surface area contributed by atoms with Crippen LogP contribution in [0.1, 0.15) is 39.0 Å². The molecule has 1 atom stereocenters. The summed E-state index contributed by atoms with van der Waals surface area (Å²) in [6, 6.07) is 3.97. The zero-order valence-electron chi connectivity index (χ0n) is 11.6. The summed E-state index contributed by atoms with van der Waals surface area (Å²) in [6.07, 6.45) is 2.14. The molecule has 0 aliphatic carbocycles. The minimum Gasteiger partial charge on any atom is -0.387 e. The lowest BCUT2D eigenvalue weighted by atomic mass is 10.2. The summed E-state index contributed by atoms with van der Waals surface area (Å²) in [7, 11) is 0. The highest BCUT2D eigenvalue weighted by atomic mass is 32.2. The molecule has 1 unspecified atom stereocenters. The van der Waals surface area contributed by atoms with Crippen LogP contribution in [0.3, 0.4) is 0 Å². The standard InChI is InChI=1S/C14H24N2OS/c1-4-14(17)13-8-7-12(11-15-13)18-10-9-16(5-2)6-3/h7-8,11,14,17H,4-6,9-10H2,1-3H3. The number of rotatable bonds is 8. The van der Waals surface area contributed by atoms with Gasteiger partial charge in [-0.05, 0) is 31.6 Å². The Morgan fingerprint density at radius 1 is 1.28 bits per heavy atom. The van der Waals surface area contributed by atoms with Crippen LogP contribution in [0.2, 0.25) is 0 Å².